The van der Waals surface area contributed by atoms with Gasteiger partial charge in [0.15, 0.2) is 6.04 Å². The summed E-state index contributed by atoms with van der Waals surface area (Å²) in [5.74, 6) is -6.85. The number of aliphatic carboxylic acids is 1. The van der Waals surface area contributed by atoms with Crippen LogP contribution >= 0.6 is 15.9 Å². The second kappa shape index (κ2) is 14.3. The fourth-order valence-corrected chi connectivity index (χ4v) is 7.71. The highest BCUT2D eigenvalue weighted by atomic mass is 79.9. The first-order valence-electron chi connectivity index (χ1n) is 14.9. The molecule has 16 heteroatoms. The molecule has 9 nitrogen and oxygen atoms in total. The van der Waals surface area contributed by atoms with Crippen LogP contribution in [0.3, 0.4) is 0 Å². The number of carbonyl (C=O) groups excluding carboxylic acids is 1. The molecule has 2 unspecified atom stereocenters. The molecule has 1 amide bonds. The Balaban J connectivity index is 0.000000671. The number of piperidine rings is 1. The lowest BCUT2D eigenvalue weighted by Gasteiger charge is -2.42. The molecular formula is C32H35BrF5N3O6S. The van der Waals surface area contributed by atoms with Gasteiger partial charge in [-0.15, -0.1) is 0 Å². The lowest BCUT2D eigenvalue weighted by atomic mass is 9.94. The Hall–Kier alpha value is -3.34. The van der Waals surface area contributed by atoms with Gasteiger partial charge in [-0.3, -0.25) is 4.79 Å². The molecule has 2 bridgehead atoms. The zero-order valence-corrected chi connectivity index (χ0v) is 28.5. The van der Waals surface area contributed by atoms with E-state index in [1.165, 1.54) is 41.3 Å². The highest BCUT2D eigenvalue weighted by Gasteiger charge is 2.56. The minimum absolute atomic E-state index is 0.0338. The van der Waals surface area contributed by atoms with E-state index in [0.717, 1.165) is 12.4 Å². The monoisotopic (exact) mass is 763 g/mol. The van der Waals surface area contributed by atoms with Gasteiger partial charge in [0.2, 0.25) is 15.9 Å². The van der Waals surface area contributed by atoms with Gasteiger partial charge in [-0.1, -0.05) is 40.2 Å². The average molecular weight is 765 g/mol. The summed E-state index contributed by atoms with van der Waals surface area (Å²) in [5, 5.41) is 8.46. The fraction of sp³-hybridized carbons (Fsp3) is 0.438. The quantitative estimate of drug-likeness (QED) is 0.258. The molecule has 5 rings (SSSR count). The van der Waals surface area contributed by atoms with Crippen molar-refractivity contribution in [2.45, 2.75) is 86.8 Å². The standard InChI is InChI=1S/C30H34BrF2N3O4S.C2HF3O2/c1-18(2)40-26-12-4-20-15-27(13-5-19(20)14-26)41(38,39)35(3)28(30(32,33)21-6-8-22(31)9-7-21)29(37)36-24-10-11-25(36)17-23(34)16-24;3-2(4,5)1(6)7/h4-9,12-15,18,23-25,28H,10-11,16-17,34H2,1-3H3;(H,6,7)/t23?,24?,25?,28-;/m0./s1. The molecule has 0 aliphatic carbocycles. The Morgan fingerprint density at radius 1 is 0.958 bits per heavy atom. The predicted octanol–water partition coefficient (Wildman–Crippen LogP) is 6.28. The third kappa shape index (κ3) is 8.09. The van der Waals surface area contributed by atoms with E-state index in [9.17, 15) is 26.4 Å². The first-order chi connectivity index (χ1) is 22.2. The Labute approximate surface area is 283 Å². The van der Waals surface area contributed by atoms with Crippen LogP contribution in [0.4, 0.5) is 22.0 Å². The summed E-state index contributed by atoms with van der Waals surface area (Å²) in [4.78, 5) is 24.3. The number of carboxylic acid groups (broad SMARTS) is 1. The van der Waals surface area contributed by atoms with Crippen LogP contribution in [-0.2, 0) is 25.5 Å². The maximum atomic E-state index is 16.4. The molecule has 0 spiro atoms. The van der Waals surface area contributed by atoms with Crippen LogP contribution in [0.25, 0.3) is 10.8 Å². The molecule has 2 saturated heterocycles. The number of likely N-dealkylation sites (N-methyl/N-ethyl adjacent to an activating group) is 1. The molecule has 3 aromatic carbocycles. The van der Waals surface area contributed by atoms with E-state index in [1.807, 2.05) is 13.8 Å². The van der Waals surface area contributed by atoms with Crippen molar-refractivity contribution >= 4 is 48.6 Å². The van der Waals surface area contributed by atoms with Crippen LogP contribution in [0.2, 0.25) is 0 Å². The topological polar surface area (TPSA) is 130 Å². The highest BCUT2D eigenvalue weighted by molar-refractivity contribution is 9.10. The molecule has 3 aromatic rings. The number of hydrogen-bond donors (Lipinski definition) is 2. The summed E-state index contributed by atoms with van der Waals surface area (Å²) in [6.45, 7) is 3.81. The van der Waals surface area contributed by atoms with Gasteiger partial charge in [-0.05, 0) is 86.7 Å². The number of rotatable bonds is 8. The normalized spacial score (nSPS) is 20.4. The number of hydrogen-bond acceptors (Lipinski definition) is 6. The minimum atomic E-state index is -5.08. The molecule has 3 N–H and O–H groups in total. The van der Waals surface area contributed by atoms with E-state index in [-0.39, 0.29) is 29.1 Å². The van der Waals surface area contributed by atoms with Gasteiger partial charge in [0.25, 0.3) is 5.92 Å². The molecule has 2 aliphatic rings. The average Bonchev–Trinajstić information content (AvgIpc) is 3.27. The number of amides is 1. The third-order valence-corrected chi connectivity index (χ3v) is 10.6. The summed E-state index contributed by atoms with van der Waals surface area (Å²) < 4.78 is 99.3. The van der Waals surface area contributed by atoms with E-state index in [0.29, 0.717) is 45.6 Å². The van der Waals surface area contributed by atoms with Crippen molar-refractivity contribution in [3.63, 3.8) is 0 Å². The van der Waals surface area contributed by atoms with Crippen molar-refractivity contribution in [3.05, 3.63) is 70.7 Å². The Bertz CT molecular complexity index is 1740. The van der Waals surface area contributed by atoms with Crippen molar-refractivity contribution in [2.24, 2.45) is 5.73 Å². The number of halogens is 6. The SMILES string of the molecule is CC(C)Oc1ccc2cc(S(=O)(=O)N(C)[C@@H](C(=O)N3C4CCC3CC(N)C4)C(F)(F)c3ccc(Br)cc3)ccc2c1.O=C(O)C(F)(F)F. The van der Waals surface area contributed by atoms with Crippen LogP contribution in [0, 0.1) is 0 Å². The molecule has 48 heavy (non-hydrogen) atoms. The Morgan fingerprint density at radius 2 is 1.48 bits per heavy atom. The number of carbonyl (C=O) groups is 2. The molecule has 2 heterocycles. The second-order valence-corrected chi connectivity index (χ2v) is 15.0. The van der Waals surface area contributed by atoms with E-state index >= 15 is 8.78 Å². The molecule has 0 saturated carbocycles. The molecule has 0 radical (unpaired) electrons. The van der Waals surface area contributed by atoms with E-state index < -0.39 is 45.6 Å². The third-order valence-electron chi connectivity index (χ3n) is 8.27. The first kappa shape index (κ1) is 37.5. The molecular weight excluding hydrogens is 729 g/mol. The maximum absolute atomic E-state index is 16.4. The van der Waals surface area contributed by atoms with Crippen molar-refractivity contribution in [2.75, 3.05) is 7.05 Å². The van der Waals surface area contributed by atoms with Crippen LogP contribution in [0.1, 0.15) is 45.1 Å². The first-order valence-corrected chi connectivity index (χ1v) is 17.2. The number of sulfonamides is 1. The summed E-state index contributed by atoms with van der Waals surface area (Å²) in [6, 6.07) is 12.0. The van der Waals surface area contributed by atoms with Gasteiger partial charge in [-0.25, -0.2) is 13.2 Å². The summed E-state index contributed by atoms with van der Waals surface area (Å²) in [7, 11) is -3.46. The number of benzene rings is 3. The van der Waals surface area contributed by atoms with E-state index in [2.05, 4.69) is 15.9 Å². The molecule has 0 aromatic heterocycles. The number of nitrogens with two attached hydrogens (primary N) is 1. The highest BCUT2D eigenvalue weighted by Crippen LogP contribution is 2.42. The maximum Gasteiger partial charge on any atom is 0.490 e. The van der Waals surface area contributed by atoms with Gasteiger partial charge in [0, 0.05) is 35.2 Å². The van der Waals surface area contributed by atoms with Gasteiger partial charge in [-0.2, -0.15) is 26.3 Å². The van der Waals surface area contributed by atoms with E-state index in [4.69, 9.17) is 20.4 Å². The zero-order valence-electron chi connectivity index (χ0n) is 26.1. The van der Waals surface area contributed by atoms with Crippen LogP contribution in [-0.4, -0.2) is 78.1 Å². The molecule has 262 valence electrons. The van der Waals surface area contributed by atoms with Crippen molar-refractivity contribution in [3.8, 4) is 5.75 Å². The Kier molecular flexibility index (Phi) is 11.1. The van der Waals surface area contributed by atoms with Crippen LogP contribution < -0.4 is 10.5 Å². The number of fused-ring (bicyclic) bond motifs is 3. The van der Waals surface area contributed by atoms with Gasteiger partial charge >= 0.3 is 12.1 Å². The summed E-state index contributed by atoms with van der Waals surface area (Å²) in [5.41, 5.74) is 5.72. The number of carboxylic acids is 1. The van der Waals surface area contributed by atoms with Crippen LogP contribution in [0.15, 0.2) is 70.0 Å². The van der Waals surface area contributed by atoms with Crippen molar-refractivity contribution in [1.29, 1.82) is 0 Å². The summed E-state index contributed by atoms with van der Waals surface area (Å²) in [6.07, 6.45) is -2.80. The van der Waals surface area contributed by atoms with Crippen LogP contribution in [0.5, 0.6) is 5.75 Å². The van der Waals surface area contributed by atoms with Gasteiger partial charge in [0.05, 0.1) is 11.0 Å². The molecule has 2 fully saturated rings. The van der Waals surface area contributed by atoms with E-state index in [1.54, 1.807) is 24.3 Å². The smallest absolute Gasteiger partial charge is 0.490 e. The lowest BCUT2D eigenvalue weighted by molar-refractivity contribution is -0.192. The molecule has 2 aliphatic heterocycles. The second-order valence-electron chi connectivity index (χ2n) is 12.1. The van der Waals surface area contributed by atoms with Crippen molar-refractivity contribution < 1.29 is 49.8 Å². The van der Waals surface area contributed by atoms with Gasteiger partial charge < -0.3 is 20.5 Å². The molecule has 3 atom stereocenters. The largest absolute Gasteiger partial charge is 0.491 e. The lowest BCUT2D eigenvalue weighted by Crippen LogP contribution is -2.61. The number of nitrogens with zero attached hydrogens (tertiary/aromatic N) is 2. The minimum Gasteiger partial charge on any atom is -0.491 e. The number of alkyl halides is 5. The van der Waals surface area contributed by atoms with Gasteiger partial charge in [0.1, 0.15) is 5.75 Å². The zero-order chi connectivity index (χ0) is 35.8. The predicted molar refractivity (Wildman–Crippen MR) is 171 cm³/mol. The number of ether oxygens (including phenoxy) is 1. The Morgan fingerprint density at radius 3 is 2.00 bits per heavy atom. The summed E-state index contributed by atoms with van der Waals surface area (Å²) >= 11 is 3.25. The van der Waals surface area contributed by atoms with Crippen molar-refractivity contribution in [1.82, 2.24) is 9.21 Å². The fourth-order valence-electron chi connectivity index (χ4n) is 6.10.